The van der Waals surface area contributed by atoms with Gasteiger partial charge in [0, 0.05) is 58.1 Å². The Balaban J connectivity index is 1.66. The average Bonchev–Trinajstić information content (AvgIpc) is 3.21. The molecule has 1 saturated heterocycles. The first-order chi connectivity index (χ1) is 10.7. The first-order valence-corrected chi connectivity index (χ1v) is 7.95. The molecule has 0 aromatic carbocycles. The molecule has 1 amide bonds. The van der Waals surface area contributed by atoms with Crippen molar-refractivity contribution in [2.75, 3.05) is 26.7 Å². The molecule has 1 aromatic heterocycles. The minimum absolute atomic E-state index is 0.228. The molecule has 0 aliphatic carbocycles. The van der Waals surface area contributed by atoms with Crippen LogP contribution in [0.4, 0.5) is 0 Å². The molecular weight excluding hydrogens is 280 g/mol. The minimum Gasteiger partial charge on any atom is -0.356 e. The van der Waals surface area contributed by atoms with E-state index in [0.717, 1.165) is 45.0 Å². The fourth-order valence-electron chi connectivity index (χ4n) is 2.60. The molecule has 0 radical (unpaired) electrons. The van der Waals surface area contributed by atoms with Crippen molar-refractivity contribution in [2.45, 2.75) is 38.8 Å². The summed E-state index contributed by atoms with van der Waals surface area (Å²) in [5.41, 5.74) is 0. The van der Waals surface area contributed by atoms with Gasteiger partial charge in [0.05, 0.1) is 0 Å². The maximum absolute atomic E-state index is 11.7. The van der Waals surface area contributed by atoms with E-state index in [0.29, 0.717) is 6.42 Å². The molecule has 2 N–H and O–H groups in total. The Bertz CT molecular complexity index is 484. The number of hydrogen-bond acceptors (Lipinski definition) is 3. The molecule has 1 aromatic rings. The van der Waals surface area contributed by atoms with Gasteiger partial charge in [-0.05, 0) is 18.9 Å². The van der Waals surface area contributed by atoms with Gasteiger partial charge in [-0.15, -0.1) is 0 Å². The number of nitrogens with one attached hydrogen (secondary N) is 2. The number of guanidine groups is 1. The number of hydrogen-bond donors (Lipinski definition) is 2. The van der Waals surface area contributed by atoms with E-state index >= 15 is 0 Å². The van der Waals surface area contributed by atoms with E-state index in [-0.39, 0.29) is 11.9 Å². The molecule has 0 saturated carbocycles. The number of amides is 1. The average molecular weight is 306 g/mol. The molecule has 2 rings (SSSR count). The van der Waals surface area contributed by atoms with E-state index in [1.54, 1.807) is 13.2 Å². The van der Waals surface area contributed by atoms with Gasteiger partial charge in [0.25, 0.3) is 0 Å². The van der Waals surface area contributed by atoms with Crippen molar-refractivity contribution in [3.63, 3.8) is 0 Å². The van der Waals surface area contributed by atoms with Crippen LogP contribution in [0.3, 0.4) is 0 Å². The Morgan fingerprint density at radius 1 is 1.50 bits per heavy atom. The smallest absolute Gasteiger partial charge is 0.222 e. The van der Waals surface area contributed by atoms with Crippen LogP contribution in [0.15, 0.2) is 23.5 Å². The number of rotatable bonds is 6. The van der Waals surface area contributed by atoms with Crippen molar-refractivity contribution in [3.8, 4) is 0 Å². The fourth-order valence-corrected chi connectivity index (χ4v) is 2.60. The standard InChI is InChI=1S/C15H26N6O/c1-3-14(22)20-11-6-13(12-20)19-15(16-2)17-7-4-9-21-10-5-8-18-21/h5,8,10,13H,3-4,6-7,9,11-12H2,1-2H3,(H2,16,17,19). The van der Waals surface area contributed by atoms with Crippen LogP contribution in [0, 0.1) is 0 Å². The lowest BCUT2D eigenvalue weighted by Crippen LogP contribution is -2.45. The lowest BCUT2D eigenvalue weighted by Gasteiger charge is -2.18. The number of aromatic nitrogens is 2. The van der Waals surface area contributed by atoms with Crippen LogP contribution in [0.25, 0.3) is 0 Å². The van der Waals surface area contributed by atoms with Crippen LogP contribution in [-0.2, 0) is 11.3 Å². The van der Waals surface area contributed by atoms with Crippen LogP contribution in [0.2, 0.25) is 0 Å². The van der Waals surface area contributed by atoms with Crippen molar-refractivity contribution >= 4 is 11.9 Å². The molecule has 1 fully saturated rings. The van der Waals surface area contributed by atoms with Gasteiger partial charge < -0.3 is 15.5 Å². The molecule has 122 valence electrons. The van der Waals surface area contributed by atoms with Gasteiger partial charge in [-0.1, -0.05) is 6.92 Å². The maximum Gasteiger partial charge on any atom is 0.222 e. The van der Waals surface area contributed by atoms with Crippen LogP contribution < -0.4 is 10.6 Å². The monoisotopic (exact) mass is 306 g/mol. The van der Waals surface area contributed by atoms with E-state index < -0.39 is 0 Å². The van der Waals surface area contributed by atoms with Gasteiger partial charge in [-0.25, -0.2) is 0 Å². The Labute approximate surface area is 131 Å². The van der Waals surface area contributed by atoms with Crippen molar-refractivity contribution in [3.05, 3.63) is 18.5 Å². The summed E-state index contributed by atoms with van der Waals surface area (Å²) in [7, 11) is 1.77. The second kappa shape index (κ2) is 8.41. The second-order valence-electron chi connectivity index (χ2n) is 5.44. The van der Waals surface area contributed by atoms with E-state index in [1.165, 1.54) is 0 Å². The molecular formula is C15H26N6O. The highest BCUT2D eigenvalue weighted by Crippen LogP contribution is 2.10. The molecule has 0 spiro atoms. The molecule has 1 atom stereocenters. The highest BCUT2D eigenvalue weighted by Gasteiger charge is 2.25. The van der Waals surface area contributed by atoms with Gasteiger partial charge in [-0.3, -0.25) is 14.5 Å². The highest BCUT2D eigenvalue weighted by molar-refractivity contribution is 5.80. The van der Waals surface area contributed by atoms with Crippen LogP contribution in [0.1, 0.15) is 26.2 Å². The minimum atomic E-state index is 0.228. The Morgan fingerprint density at radius 2 is 2.36 bits per heavy atom. The third kappa shape index (κ3) is 4.75. The summed E-state index contributed by atoms with van der Waals surface area (Å²) >= 11 is 0. The van der Waals surface area contributed by atoms with Gasteiger partial charge in [0.1, 0.15) is 0 Å². The molecule has 7 nitrogen and oxygen atoms in total. The third-order valence-electron chi connectivity index (χ3n) is 3.82. The summed E-state index contributed by atoms with van der Waals surface area (Å²) in [5, 5.41) is 10.9. The quantitative estimate of drug-likeness (QED) is 0.455. The van der Waals surface area contributed by atoms with Crippen molar-refractivity contribution < 1.29 is 4.79 Å². The number of carbonyl (C=O) groups excluding carboxylic acids is 1. The second-order valence-corrected chi connectivity index (χ2v) is 5.44. The number of carbonyl (C=O) groups is 1. The topological polar surface area (TPSA) is 74.6 Å². The Kier molecular flexibility index (Phi) is 6.24. The summed E-state index contributed by atoms with van der Waals surface area (Å²) in [4.78, 5) is 17.8. The zero-order valence-corrected chi connectivity index (χ0v) is 13.5. The molecule has 1 aliphatic heterocycles. The Hall–Kier alpha value is -2.05. The third-order valence-corrected chi connectivity index (χ3v) is 3.82. The van der Waals surface area contributed by atoms with E-state index in [9.17, 15) is 4.79 Å². The Morgan fingerprint density at radius 3 is 3.05 bits per heavy atom. The normalized spacial score (nSPS) is 18.5. The fraction of sp³-hybridized carbons (Fsp3) is 0.667. The van der Waals surface area contributed by atoms with Gasteiger partial charge in [-0.2, -0.15) is 5.10 Å². The van der Waals surface area contributed by atoms with Gasteiger partial charge >= 0.3 is 0 Å². The van der Waals surface area contributed by atoms with Crippen molar-refractivity contribution in [2.24, 2.45) is 4.99 Å². The molecule has 7 heteroatoms. The van der Waals surface area contributed by atoms with Crippen LogP contribution in [-0.4, -0.2) is 59.3 Å². The molecule has 2 heterocycles. The number of nitrogens with zero attached hydrogens (tertiary/aromatic N) is 4. The van der Waals surface area contributed by atoms with Crippen molar-refractivity contribution in [1.82, 2.24) is 25.3 Å². The lowest BCUT2D eigenvalue weighted by atomic mass is 10.3. The molecule has 1 unspecified atom stereocenters. The summed E-state index contributed by atoms with van der Waals surface area (Å²) < 4.78 is 1.92. The SMILES string of the molecule is CCC(=O)N1CCC(NC(=NC)NCCCn2cccn2)C1. The number of aliphatic imine (C=N–C) groups is 1. The molecule has 1 aliphatic rings. The zero-order valence-electron chi connectivity index (χ0n) is 13.5. The predicted molar refractivity (Wildman–Crippen MR) is 86.6 cm³/mol. The largest absolute Gasteiger partial charge is 0.356 e. The van der Waals surface area contributed by atoms with E-state index in [4.69, 9.17) is 0 Å². The molecule has 0 bridgehead atoms. The lowest BCUT2D eigenvalue weighted by molar-refractivity contribution is -0.129. The predicted octanol–water partition coefficient (Wildman–Crippen LogP) is 0.449. The summed E-state index contributed by atoms with van der Waals surface area (Å²) in [6.45, 7) is 5.23. The van der Waals surface area contributed by atoms with Gasteiger partial charge in [0.15, 0.2) is 5.96 Å². The summed E-state index contributed by atoms with van der Waals surface area (Å²) in [5.74, 6) is 1.03. The van der Waals surface area contributed by atoms with Crippen LogP contribution >= 0.6 is 0 Å². The number of likely N-dealkylation sites (tertiary alicyclic amines) is 1. The van der Waals surface area contributed by atoms with Crippen molar-refractivity contribution in [1.29, 1.82) is 0 Å². The van der Waals surface area contributed by atoms with E-state index in [2.05, 4.69) is 20.7 Å². The van der Waals surface area contributed by atoms with Crippen LogP contribution in [0.5, 0.6) is 0 Å². The highest BCUT2D eigenvalue weighted by atomic mass is 16.2. The van der Waals surface area contributed by atoms with Gasteiger partial charge in [0.2, 0.25) is 5.91 Å². The first kappa shape index (κ1) is 16.3. The maximum atomic E-state index is 11.7. The zero-order chi connectivity index (χ0) is 15.8. The first-order valence-electron chi connectivity index (χ1n) is 7.95. The summed E-state index contributed by atoms with van der Waals surface area (Å²) in [6.07, 6.45) is 6.28. The summed E-state index contributed by atoms with van der Waals surface area (Å²) in [6, 6.07) is 2.21. The van der Waals surface area contributed by atoms with E-state index in [1.807, 2.05) is 28.8 Å². The molecule has 22 heavy (non-hydrogen) atoms. The number of aryl methyl sites for hydroxylation is 1.